The molecular formula is C9H14N2OS. The molecule has 1 fully saturated rings. The Morgan fingerprint density at radius 1 is 1.77 bits per heavy atom. The monoisotopic (exact) mass is 198 g/mol. The van der Waals surface area contributed by atoms with Crippen LogP contribution in [0.25, 0.3) is 0 Å². The molecule has 1 aromatic rings. The maximum atomic E-state index is 10.0. The second-order valence-corrected chi connectivity index (χ2v) is 5.02. The first-order valence-electron chi connectivity index (χ1n) is 4.48. The van der Waals surface area contributed by atoms with E-state index in [2.05, 4.69) is 4.98 Å². The maximum Gasteiger partial charge on any atom is 0.0966 e. The summed E-state index contributed by atoms with van der Waals surface area (Å²) < 4.78 is 0. The zero-order valence-electron chi connectivity index (χ0n) is 7.66. The normalized spacial score (nSPS) is 21.5. The van der Waals surface area contributed by atoms with Gasteiger partial charge in [-0.2, -0.15) is 0 Å². The third-order valence-electron chi connectivity index (χ3n) is 2.79. The number of aryl methyl sites for hydroxylation is 1. The number of thiazole rings is 1. The molecule has 0 radical (unpaired) electrons. The van der Waals surface area contributed by atoms with E-state index in [4.69, 9.17) is 5.73 Å². The summed E-state index contributed by atoms with van der Waals surface area (Å²) in [7, 11) is 0. The Balaban J connectivity index is 2.17. The van der Waals surface area contributed by atoms with Crippen molar-refractivity contribution in [3.8, 4) is 0 Å². The highest BCUT2D eigenvalue weighted by Crippen LogP contribution is 2.54. The van der Waals surface area contributed by atoms with Crippen molar-refractivity contribution < 1.29 is 5.11 Å². The molecule has 3 N–H and O–H groups in total. The van der Waals surface area contributed by atoms with Crippen LogP contribution in [-0.2, 0) is 0 Å². The lowest BCUT2D eigenvalue weighted by molar-refractivity contribution is 0.101. The highest BCUT2D eigenvalue weighted by Gasteiger charge is 2.48. The van der Waals surface area contributed by atoms with E-state index in [1.165, 1.54) is 0 Å². The van der Waals surface area contributed by atoms with Crippen LogP contribution >= 0.6 is 11.3 Å². The van der Waals surface area contributed by atoms with E-state index < -0.39 is 6.10 Å². The minimum atomic E-state index is -0.399. The lowest BCUT2D eigenvalue weighted by Gasteiger charge is -2.18. The summed E-state index contributed by atoms with van der Waals surface area (Å²) in [6.45, 7) is 2.52. The Bertz CT molecular complexity index is 306. The standard InChI is InChI=1S/C9H14N2OS/c1-6-11-4-7(13-6)8(12)9(5-10)2-3-9/h4,8,12H,2-3,5,10H2,1H3. The first-order valence-corrected chi connectivity index (χ1v) is 5.30. The van der Waals surface area contributed by atoms with E-state index in [1.54, 1.807) is 17.5 Å². The van der Waals surface area contributed by atoms with Crippen molar-refractivity contribution in [3.63, 3.8) is 0 Å². The fraction of sp³-hybridized carbons (Fsp3) is 0.667. The van der Waals surface area contributed by atoms with Crippen molar-refractivity contribution >= 4 is 11.3 Å². The molecule has 0 spiro atoms. The summed E-state index contributed by atoms with van der Waals surface area (Å²) in [6.07, 6.45) is 3.45. The van der Waals surface area contributed by atoms with Gasteiger partial charge in [-0.15, -0.1) is 11.3 Å². The molecule has 2 rings (SSSR count). The van der Waals surface area contributed by atoms with Crippen LogP contribution < -0.4 is 5.73 Å². The SMILES string of the molecule is Cc1ncc(C(O)C2(CN)CC2)s1. The molecule has 1 heterocycles. The fourth-order valence-corrected chi connectivity index (χ4v) is 2.47. The number of hydrogen-bond acceptors (Lipinski definition) is 4. The molecule has 72 valence electrons. The average molecular weight is 198 g/mol. The van der Waals surface area contributed by atoms with Crippen LogP contribution in [0.15, 0.2) is 6.20 Å². The smallest absolute Gasteiger partial charge is 0.0966 e. The Hall–Kier alpha value is -0.450. The molecule has 0 saturated heterocycles. The number of aliphatic hydroxyl groups excluding tert-OH is 1. The Labute approximate surface area is 81.6 Å². The van der Waals surface area contributed by atoms with E-state index in [0.717, 1.165) is 22.7 Å². The fourth-order valence-electron chi connectivity index (χ4n) is 1.56. The predicted molar refractivity (Wildman–Crippen MR) is 52.5 cm³/mol. The van der Waals surface area contributed by atoms with E-state index in [0.29, 0.717) is 6.54 Å². The number of rotatable bonds is 3. The van der Waals surface area contributed by atoms with E-state index in [-0.39, 0.29) is 5.41 Å². The minimum absolute atomic E-state index is 0.0288. The average Bonchev–Trinajstić information content (AvgIpc) is 2.82. The van der Waals surface area contributed by atoms with Gasteiger partial charge in [0.2, 0.25) is 0 Å². The number of nitrogens with zero attached hydrogens (tertiary/aromatic N) is 1. The van der Waals surface area contributed by atoms with Crippen LogP contribution in [0.1, 0.15) is 28.8 Å². The lowest BCUT2D eigenvalue weighted by atomic mass is 9.99. The number of aromatic nitrogens is 1. The topological polar surface area (TPSA) is 59.1 Å². The molecule has 1 aliphatic rings. The van der Waals surface area contributed by atoms with Crippen molar-refractivity contribution in [2.75, 3.05) is 6.54 Å². The molecule has 4 heteroatoms. The first-order chi connectivity index (χ1) is 6.18. The number of nitrogens with two attached hydrogens (primary N) is 1. The zero-order valence-corrected chi connectivity index (χ0v) is 8.47. The van der Waals surface area contributed by atoms with Gasteiger partial charge in [-0.25, -0.2) is 4.98 Å². The zero-order chi connectivity index (χ0) is 9.47. The Morgan fingerprint density at radius 3 is 2.85 bits per heavy atom. The third kappa shape index (κ3) is 1.49. The summed E-state index contributed by atoms with van der Waals surface area (Å²) in [6, 6.07) is 0. The van der Waals surface area contributed by atoms with Gasteiger partial charge in [0.1, 0.15) is 0 Å². The maximum absolute atomic E-state index is 10.0. The largest absolute Gasteiger partial charge is 0.387 e. The molecule has 13 heavy (non-hydrogen) atoms. The lowest BCUT2D eigenvalue weighted by Crippen LogP contribution is -2.22. The van der Waals surface area contributed by atoms with Gasteiger partial charge in [0.05, 0.1) is 16.0 Å². The van der Waals surface area contributed by atoms with Crippen molar-refractivity contribution in [1.82, 2.24) is 4.98 Å². The molecule has 3 nitrogen and oxygen atoms in total. The number of hydrogen-bond donors (Lipinski definition) is 2. The van der Waals surface area contributed by atoms with Crippen molar-refractivity contribution in [2.45, 2.75) is 25.9 Å². The van der Waals surface area contributed by atoms with Gasteiger partial charge in [-0.05, 0) is 19.8 Å². The highest BCUT2D eigenvalue weighted by molar-refractivity contribution is 7.11. The molecule has 0 amide bonds. The molecule has 0 bridgehead atoms. The summed E-state index contributed by atoms with van der Waals surface area (Å²) in [5, 5.41) is 11.0. The highest BCUT2D eigenvalue weighted by atomic mass is 32.1. The van der Waals surface area contributed by atoms with Crippen molar-refractivity contribution in [3.05, 3.63) is 16.1 Å². The van der Waals surface area contributed by atoms with E-state index in [1.807, 2.05) is 6.92 Å². The van der Waals surface area contributed by atoms with Crippen LogP contribution in [-0.4, -0.2) is 16.6 Å². The predicted octanol–water partition coefficient (Wildman–Crippen LogP) is 1.22. The quantitative estimate of drug-likeness (QED) is 0.768. The Morgan fingerprint density at radius 2 is 2.46 bits per heavy atom. The summed E-state index contributed by atoms with van der Waals surface area (Å²) in [5.41, 5.74) is 5.61. The van der Waals surface area contributed by atoms with Gasteiger partial charge in [-0.1, -0.05) is 0 Å². The summed E-state index contributed by atoms with van der Waals surface area (Å²) in [4.78, 5) is 5.09. The van der Waals surface area contributed by atoms with Gasteiger partial charge in [0, 0.05) is 18.2 Å². The van der Waals surface area contributed by atoms with Gasteiger partial charge in [0.15, 0.2) is 0 Å². The van der Waals surface area contributed by atoms with Gasteiger partial charge < -0.3 is 10.8 Å². The van der Waals surface area contributed by atoms with Crippen molar-refractivity contribution in [1.29, 1.82) is 0 Å². The number of aliphatic hydroxyl groups is 1. The third-order valence-corrected chi connectivity index (χ3v) is 3.75. The summed E-state index contributed by atoms with van der Waals surface area (Å²) in [5.74, 6) is 0. The molecular weight excluding hydrogens is 184 g/mol. The van der Waals surface area contributed by atoms with Gasteiger partial charge >= 0.3 is 0 Å². The van der Waals surface area contributed by atoms with Crippen LogP contribution in [0.2, 0.25) is 0 Å². The van der Waals surface area contributed by atoms with Crippen LogP contribution in [0, 0.1) is 12.3 Å². The second-order valence-electron chi connectivity index (χ2n) is 3.75. The van der Waals surface area contributed by atoms with Crippen molar-refractivity contribution in [2.24, 2.45) is 11.1 Å². The molecule has 1 atom stereocenters. The molecule has 0 aromatic carbocycles. The summed E-state index contributed by atoms with van der Waals surface area (Å²) >= 11 is 1.56. The molecule has 1 saturated carbocycles. The molecule has 1 unspecified atom stereocenters. The molecule has 1 aromatic heterocycles. The van der Waals surface area contributed by atoms with E-state index in [9.17, 15) is 5.11 Å². The van der Waals surface area contributed by atoms with Crippen LogP contribution in [0.4, 0.5) is 0 Å². The van der Waals surface area contributed by atoms with Gasteiger partial charge in [0.25, 0.3) is 0 Å². The van der Waals surface area contributed by atoms with Crippen LogP contribution in [0.5, 0.6) is 0 Å². The van der Waals surface area contributed by atoms with E-state index >= 15 is 0 Å². The molecule has 0 aliphatic heterocycles. The minimum Gasteiger partial charge on any atom is -0.387 e. The Kier molecular flexibility index (Phi) is 2.14. The van der Waals surface area contributed by atoms with Crippen LogP contribution in [0.3, 0.4) is 0 Å². The van der Waals surface area contributed by atoms with Gasteiger partial charge in [-0.3, -0.25) is 0 Å². The molecule has 1 aliphatic carbocycles. The first kappa shape index (κ1) is 9.12. The second kappa shape index (κ2) is 3.04.